The zero-order chi connectivity index (χ0) is 18.7. The fraction of sp³-hybridized carbons (Fsp3) is 0.250. The number of hydrogen-bond donors (Lipinski definition) is 1. The number of aryl methyl sites for hydroxylation is 1. The highest BCUT2D eigenvalue weighted by atomic mass is 35.5. The lowest BCUT2D eigenvalue weighted by Crippen LogP contribution is -2.11. The zero-order valence-electron chi connectivity index (χ0n) is 14.6. The van der Waals surface area contributed by atoms with Gasteiger partial charge in [-0.25, -0.2) is 0 Å². The van der Waals surface area contributed by atoms with Gasteiger partial charge < -0.3 is 9.72 Å². The number of ether oxygens (including phenoxy) is 1. The van der Waals surface area contributed by atoms with Crippen LogP contribution in [0.1, 0.15) is 48.4 Å². The minimum absolute atomic E-state index is 0.199. The third-order valence-corrected chi connectivity index (χ3v) is 4.28. The molecule has 1 aromatic carbocycles. The number of carbonyl (C=O) groups is 2. The van der Waals surface area contributed by atoms with Crippen LogP contribution in [0.2, 0.25) is 5.02 Å². The Kier molecular flexibility index (Phi) is 5.38. The van der Waals surface area contributed by atoms with Crippen LogP contribution in [-0.2, 0) is 11.2 Å². The highest BCUT2D eigenvalue weighted by molar-refractivity contribution is 6.31. The lowest BCUT2D eigenvalue weighted by atomic mass is 10.1. The minimum atomic E-state index is -0.414. The van der Waals surface area contributed by atoms with Gasteiger partial charge in [0.05, 0.1) is 5.52 Å². The standard InChI is InChI=1S/C20H19ClN2O3/c1-3-5-12-8-9-22-16(10-12)19(25)18-20(26-17(24)4-2)14-7-6-13(21)11-15(14)23-18/h6-11,23H,3-5H2,1-2H3. The number of carbonyl (C=O) groups excluding carboxylic acids is 2. The van der Waals surface area contributed by atoms with Crippen molar-refractivity contribution in [2.24, 2.45) is 0 Å². The van der Waals surface area contributed by atoms with E-state index in [1.807, 2.05) is 6.07 Å². The maximum absolute atomic E-state index is 13.0. The van der Waals surface area contributed by atoms with Crippen LogP contribution in [0, 0.1) is 0 Å². The fourth-order valence-electron chi connectivity index (χ4n) is 2.77. The van der Waals surface area contributed by atoms with Crippen LogP contribution in [0.5, 0.6) is 5.75 Å². The van der Waals surface area contributed by atoms with Gasteiger partial charge in [-0.2, -0.15) is 0 Å². The first-order valence-electron chi connectivity index (χ1n) is 8.55. The van der Waals surface area contributed by atoms with Crippen molar-refractivity contribution in [1.29, 1.82) is 0 Å². The molecule has 134 valence electrons. The van der Waals surface area contributed by atoms with Crippen molar-refractivity contribution in [3.05, 3.63) is 58.5 Å². The number of halogens is 1. The number of nitrogens with zero attached hydrogens (tertiary/aromatic N) is 1. The van der Waals surface area contributed by atoms with Crippen molar-refractivity contribution in [2.75, 3.05) is 0 Å². The summed E-state index contributed by atoms with van der Waals surface area (Å²) in [6, 6.07) is 8.77. The Bertz CT molecular complexity index is 978. The molecule has 3 aromatic rings. The minimum Gasteiger partial charge on any atom is -0.423 e. The molecule has 0 aliphatic heterocycles. The number of aromatic amines is 1. The van der Waals surface area contributed by atoms with Crippen molar-refractivity contribution in [1.82, 2.24) is 9.97 Å². The molecule has 0 aliphatic rings. The van der Waals surface area contributed by atoms with Gasteiger partial charge in [0.2, 0.25) is 5.78 Å². The SMILES string of the molecule is CCCc1ccnc(C(=O)c2[nH]c3cc(Cl)ccc3c2OC(=O)CC)c1. The average Bonchev–Trinajstić information content (AvgIpc) is 2.98. The summed E-state index contributed by atoms with van der Waals surface area (Å²) in [7, 11) is 0. The molecule has 6 heteroatoms. The van der Waals surface area contributed by atoms with Crippen LogP contribution in [-0.4, -0.2) is 21.7 Å². The van der Waals surface area contributed by atoms with Crippen LogP contribution < -0.4 is 4.74 Å². The largest absolute Gasteiger partial charge is 0.423 e. The molecule has 0 saturated heterocycles. The molecular formula is C20H19ClN2O3. The van der Waals surface area contributed by atoms with Crippen molar-refractivity contribution in [2.45, 2.75) is 33.1 Å². The number of benzene rings is 1. The summed E-state index contributed by atoms with van der Waals surface area (Å²) in [5, 5.41) is 1.15. The molecular weight excluding hydrogens is 352 g/mol. The molecule has 2 aromatic heterocycles. The molecule has 3 rings (SSSR count). The van der Waals surface area contributed by atoms with E-state index in [1.165, 1.54) is 0 Å². The molecule has 0 fully saturated rings. The third kappa shape index (κ3) is 3.63. The highest BCUT2D eigenvalue weighted by Gasteiger charge is 2.23. The molecule has 0 bridgehead atoms. The smallest absolute Gasteiger partial charge is 0.310 e. The Morgan fingerprint density at radius 2 is 2.00 bits per heavy atom. The van der Waals surface area contributed by atoms with E-state index in [2.05, 4.69) is 16.9 Å². The monoisotopic (exact) mass is 370 g/mol. The fourth-order valence-corrected chi connectivity index (χ4v) is 2.94. The predicted molar refractivity (Wildman–Crippen MR) is 101 cm³/mol. The number of esters is 1. The van der Waals surface area contributed by atoms with Crippen LogP contribution in [0.3, 0.4) is 0 Å². The van der Waals surface area contributed by atoms with Crippen molar-refractivity contribution >= 4 is 34.3 Å². The van der Waals surface area contributed by atoms with Gasteiger partial charge in [0.25, 0.3) is 0 Å². The molecule has 5 nitrogen and oxygen atoms in total. The van der Waals surface area contributed by atoms with Gasteiger partial charge in [0.1, 0.15) is 11.4 Å². The maximum atomic E-state index is 13.0. The first-order chi connectivity index (χ1) is 12.5. The van der Waals surface area contributed by atoms with E-state index in [9.17, 15) is 9.59 Å². The Morgan fingerprint density at radius 1 is 1.19 bits per heavy atom. The van der Waals surface area contributed by atoms with Crippen molar-refractivity contribution < 1.29 is 14.3 Å². The Hall–Kier alpha value is -2.66. The van der Waals surface area contributed by atoms with Gasteiger partial charge in [-0.1, -0.05) is 31.9 Å². The topological polar surface area (TPSA) is 72.1 Å². The zero-order valence-corrected chi connectivity index (χ0v) is 15.4. The third-order valence-electron chi connectivity index (χ3n) is 4.04. The molecule has 0 spiro atoms. The molecule has 0 unspecified atom stereocenters. The van der Waals surface area contributed by atoms with Crippen LogP contribution >= 0.6 is 11.6 Å². The first kappa shape index (κ1) is 18.1. The van der Waals surface area contributed by atoms with Crippen molar-refractivity contribution in [3.8, 4) is 5.75 Å². The maximum Gasteiger partial charge on any atom is 0.310 e. The van der Waals surface area contributed by atoms with Crippen LogP contribution in [0.15, 0.2) is 36.5 Å². The van der Waals surface area contributed by atoms with Crippen molar-refractivity contribution in [3.63, 3.8) is 0 Å². The van der Waals surface area contributed by atoms with Gasteiger partial charge >= 0.3 is 5.97 Å². The second-order valence-electron chi connectivity index (χ2n) is 5.98. The summed E-state index contributed by atoms with van der Waals surface area (Å²) in [4.78, 5) is 32.1. The number of fused-ring (bicyclic) bond motifs is 1. The summed E-state index contributed by atoms with van der Waals surface area (Å²) >= 11 is 6.04. The molecule has 0 atom stereocenters. The average molecular weight is 371 g/mol. The summed E-state index contributed by atoms with van der Waals surface area (Å²) in [5.41, 5.74) is 2.18. The van der Waals surface area contributed by atoms with E-state index in [0.717, 1.165) is 18.4 Å². The molecule has 2 heterocycles. The number of nitrogens with one attached hydrogen (secondary N) is 1. The molecule has 0 saturated carbocycles. The van der Waals surface area contributed by atoms with Gasteiger partial charge in [0, 0.05) is 23.0 Å². The first-order valence-corrected chi connectivity index (χ1v) is 8.92. The molecule has 0 radical (unpaired) electrons. The van der Waals surface area contributed by atoms with Gasteiger partial charge in [-0.05, 0) is 42.3 Å². The van der Waals surface area contributed by atoms with Crippen LogP contribution in [0.4, 0.5) is 0 Å². The Morgan fingerprint density at radius 3 is 2.73 bits per heavy atom. The van der Waals surface area contributed by atoms with Gasteiger partial charge in [0.15, 0.2) is 5.75 Å². The van der Waals surface area contributed by atoms with Gasteiger partial charge in [-0.3, -0.25) is 14.6 Å². The number of ketones is 1. The van der Waals surface area contributed by atoms with Gasteiger partial charge in [-0.15, -0.1) is 0 Å². The lowest BCUT2D eigenvalue weighted by Gasteiger charge is -2.06. The van der Waals surface area contributed by atoms with E-state index >= 15 is 0 Å². The summed E-state index contributed by atoms with van der Waals surface area (Å²) in [6.07, 6.45) is 3.66. The van der Waals surface area contributed by atoms with E-state index in [4.69, 9.17) is 16.3 Å². The molecule has 26 heavy (non-hydrogen) atoms. The summed E-state index contributed by atoms with van der Waals surface area (Å²) in [5.74, 6) is -0.520. The number of rotatable bonds is 6. The van der Waals surface area contributed by atoms with Crippen LogP contribution in [0.25, 0.3) is 10.9 Å². The number of H-pyrrole nitrogens is 1. The molecule has 0 amide bonds. The predicted octanol–water partition coefficient (Wildman–Crippen LogP) is 4.72. The second kappa shape index (κ2) is 7.70. The van der Waals surface area contributed by atoms with E-state index in [-0.39, 0.29) is 23.6 Å². The highest BCUT2D eigenvalue weighted by Crippen LogP contribution is 2.33. The Labute approximate surface area is 156 Å². The molecule has 1 N–H and O–H groups in total. The lowest BCUT2D eigenvalue weighted by molar-refractivity contribution is -0.133. The summed E-state index contributed by atoms with van der Waals surface area (Å²) < 4.78 is 5.45. The quantitative estimate of drug-likeness (QED) is 0.503. The van der Waals surface area contributed by atoms with E-state index in [0.29, 0.717) is 21.6 Å². The van der Waals surface area contributed by atoms with E-state index in [1.54, 1.807) is 37.4 Å². The number of hydrogen-bond acceptors (Lipinski definition) is 4. The number of aromatic nitrogens is 2. The number of pyridine rings is 1. The van der Waals surface area contributed by atoms with E-state index < -0.39 is 5.97 Å². The summed E-state index contributed by atoms with van der Waals surface area (Å²) in [6.45, 7) is 3.77. The second-order valence-corrected chi connectivity index (χ2v) is 6.41. The molecule has 0 aliphatic carbocycles. The Balaban J connectivity index is 2.10. The normalized spacial score (nSPS) is 10.9.